The largest absolute Gasteiger partial charge is 0.393 e. The molecular weight excluding hydrogens is 883 g/mol. The van der Waals surface area contributed by atoms with Crippen molar-refractivity contribution in [3.63, 3.8) is 0 Å². The second-order valence-corrected chi connectivity index (χ2v) is 20.9. The van der Waals surface area contributed by atoms with Crippen molar-refractivity contribution in [3.05, 3.63) is 51.7 Å². The van der Waals surface area contributed by atoms with Gasteiger partial charge in [-0.1, -0.05) is 20.8 Å². The van der Waals surface area contributed by atoms with E-state index in [1.165, 1.54) is 0 Å². The molecule has 3 saturated carbocycles. The number of nitrogens with zero attached hydrogens (tertiary/aromatic N) is 6. The lowest BCUT2D eigenvalue weighted by molar-refractivity contribution is 0.0702. The topological polar surface area (TPSA) is 349 Å². The number of hydrogen-bond donors (Lipinski definition) is 12. The van der Waals surface area contributed by atoms with Crippen LogP contribution in [0.2, 0.25) is 0 Å². The van der Waals surface area contributed by atoms with Crippen molar-refractivity contribution in [2.45, 2.75) is 194 Å². The lowest BCUT2D eigenvalue weighted by Crippen LogP contribution is -2.34. The van der Waals surface area contributed by atoms with Crippen LogP contribution in [0.3, 0.4) is 0 Å². The molecule has 15 N–H and O–H groups in total. The maximum atomic E-state index is 11.8. The minimum atomic E-state index is -1.95. The summed E-state index contributed by atoms with van der Waals surface area (Å²) < 4.78 is 73.1. The van der Waals surface area contributed by atoms with E-state index in [1.54, 1.807) is 20.8 Å². The number of H-pyrrole nitrogens is 3. The summed E-state index contributed by atoms with van der Waals surface area (Å²) in [4.78, 5) is 69.0. The molecule has 21 nitrogen and oxygen atoms in total. The van der Waals surface area contributed by atoms with Crippen LogP contribution in [0, 0.1) is 17.8 Å². The first-order valence-electron chi connectivity index (χ1n) is 27.6. The summed E-state index contributed by atoms with van der Waals surface area (Å²) in [5.41, 5.74) is 14.6. The molecule has 3 amide bonds. The van der Waals surface area contributed by atoms with Gasteiger partial charge in [-0.2, -0.15) is 0 Å². The first-order chi connectivity index (χ1) is 35.4. The van der Waals surface area contributed by atoms with Crippen LogP contribution < -0.4 is 49.6 Å². The Morgan fingerprint density at radius 2 is 0.928 bits per heavy atom. The minimum absolute atomic E-state index is 0.000113. The number of carbonyl (C=O) groups excluding carboxylic acids is 3. The van der Waals surface area contributed by atoms with Crippen molar-refractivity contribution in [3.8, 4) is 0 Å². The van der Waals surface area contributed by atoms with Crippen LogP contribution in [0.15, 0.2) is 33.5 Å². The zero-order chi connectivity index (χ0) is 59.6. The predicted molar refractivity (Wildman–Crippen MR) is 267 cm³/mol. The summed E-state index contributed by atoms with van der Waals surface area (Å²) in [7, 11) is 0. The number of nitrogens with two attached hydrogens (primary N) is 3. The van der Waals surface area contributed by atoms with Gasteiger partial charge in [-0.15, -0.1) is 0 Å². The van der Waals surface area contributed by atoms with E-state index in [4.69, 9.17) is 29.5 Å². The Bertz CT molecular complexity index is 2780. The number of carbonyl (C=O) groups is 3. The van der Waals surface area contributed by atoms with Crippen molar-refractivity contribution in [2.24, 2.45) is 49.9 Å². The fourth-order valence-corrected chi connectivity index (χ4v) is 6.99. The number of aromatic nitrogens is 6. The molecule has 0 aliphatic heterocycles. The molecule has 0 bridgehead atoms. The number of amides is 3. The van der Waals surface area contributed by atoms with Crippen LogP contribution in [0.5, 0.6) is 0 Å². The highest BCUT2D eigenvalue weighted by molar-refractivity contribution is 5.93. The smallest absolute Gasteiger partial charge is 0.254 e. The van der Waals surface area contributed by atoms with Gasteiger partial charge in [0.2, 0.25) is 17.8 Å². The number of aromatic amines is 3. The molecule has 0 radical (unpaired) electrons. The third-order valence-electron chi connectivity index (χ3n) is 10.7. The molecule has 9 unspecified atom stereocenters. The van der Waals surface area contributed by atoms with Gasteiger partial charge < -0.3 is 63.4 Å². The summed E-state index contributed by atoms with van der Waals surface area (Å²) in [5, 5.41) is 39.6. The maximum absolute atomic E-state index is 11.8. The first-order valence-corrected chi connectivity index (χ1v) is 23.1. The van der Waals surface area contributed by atoms with E-state index in [9.17, 15) is 29.7 Å². The highest BCUT2D eigenvalue weighted by atomic mass is 16.3. The Morgan fingerprint density at radius 3 is 1.32 bits per heavy atom. The van der Waals surface area contributed by atoms with E-state index in [0.717, 1.165) is 0 Å². The summed E-state index contributed by atoms with van der Waals surface area (Å²) in [6.07, 6.45) is -7.20. The molecule has 0 spiro atoms. The van der Waals surface area contributed by atoms with E-state index < -0.39 is 79.2 Å². The number of nitrogens with one attached hydrogen (secondary N) is 6. The summed E-state index contributed by atoms with van der Waals surface area (Å²) in [6.45, 7) is 22.4. The molecule has 0 aromatic carbocycles. The number of rotatable bonds is 9. The first kappa shape index (κ1) is 43.4. The molecule has 21 heteroatoms. The second-order valence-electron chi connectivity index (χ2n) is 20.9. The van der Waals surface area contributed by atoms with Crippen molar-refractivity contribution >= 4 is 35.6 Å². The Labute approximate surface area is 418 Å². The van der Waals surface area contributed by atoms with Crippen molar-refractivity contribution in [1.29, 1.82) is 0 Å². The van der Waals surface area contributed by atoms with Crippen LogP contribution in [-0.4, -0.2) is 116 Å². The van der Waals surface area contributed by atoms with Gasteiger partial charge in [-0.3, -0.25) is 29.4 Å². The van der Waals surface area contributed by atoms with Crippen LogP contribution in [0.4, 0.5) is 17.8 Å². The van der Waals surface area contributed by atoms with E-state index in [0.29, 0.717) is 12.8 Å². The van der Waals surface area contributed by atoms with Crippen molar-refractivity contribution < 1.29 is 42.0 Å². The molecule has 3 aliphatic carbocycles. The number of anilines is 3. The number of aliphatic hydroxyl groups excluding tert-OH is 3. The van der Waals surface area contributed by atoms with E-state index >= 15 is 0 Å². The lowest BCUT2D eigenvalue weighted by atomic mass is 9.85. The molecule has 69 heavy (non-hydrogen) atoms. The van der Waals surface area contributed by atoms with Gasteiger partial charge in [0, 0.05) is 43.4 Å². The molecule has 6 rings (SSSR count). The molecular formula is C48H81N15O6. The normalized spacial score (nSPS) is 30.2. The summed E-state index contributed by atoms with van der Waals surface area (Å²) >= 11 is 0. The van der Waals surface area contributed by atoms with Crippen LogP contribution in [0.1, 0.15) is 184 Å². The predicted octanol–water partition coefficient (Wildman–Crippen LogP) is 3.51. The van der Waals surface area contributed by atoms with Crippen molar-refractivity contribution in [2.75, 3.05) is 16.0 Å². The fourth-order valence-electron chi connectivity index (χ4n) is 6.99. The highest BCUT2D eigenvalue weighted by Gasteiger charge is 2.28. The molecule has 3 aromatic rings. The second kappa shape index (κ2) is 23.8. The van der Waals surface area contributed by atoms with Gasteiger partial charge in [0.05, 0.1) is 57.2 Å². The average Bonchev–Trinajstić information content (AvgIpc) is 3.22. The van der Waals surface area contributed by atoms with Crippen LogP contribution >= 0.6 is 0 Å². The third-order valence-corrected chi connectivity index (χ3v) is 10.7. The molecule has 3 aliphatic rings. The zero-order valence-corrected chi connectivity index (χ0v) is 41.9. The Hall–Kier alpha value is -5.67. The van der Waals surface area contributed by atoms with E-state index in [1.807, 2.05) is 62.3 Å². The fraction of sp³-hybridized carbons (Fsp3) is 0.688. The summed E-state index contributed by atoms with van der Waals surface area (Å²) in [5.74, 6) is -2.72. The minimum Gasteiger partial charge on any atom is -0.393 e. The van der Waals surface area contributed by atoms with E-state index in [-0.39, 0.29) is 124 Å². The number of hydrogen-bond acceptors (Lipinski definition) is 15. The lowest BCUT2D eigenvalue weighted by Gasteiger charge is -2.28. The Balaban J connectivity index is 0.000000252. The van der Waals surface area contributed by atoms with Crippen LogP contribution in [-0.2, 0) is 0 Å². The summed E-state index contributed by atoms with van der Waals surface area (Å²) in [6, 6.07) is -2.28. The SMILES string of the molecule is [2H]c1nc(NC(C)(C)C)[nH]c(=NC2CC(O)C(C)C([2H])([2H])C2)c1C(N)=O.[2H]c1nc(NC(C)(C)C)[nH]c(=NC2CC(O)C(C)CC2([2H])[2H])c1C(N)=O.[2H]c1nc(NC(C)(C)C)[nH]c(=NC2CCC(C)C(O)C2([2H])[2H])c1C(N)=O. The molecule has 384 valence electrons. The number of primary amides is 3. The quantitative estimate of drug-likeness (QED) is 0.147. The van der Waals surface area contributed by atoms with Gasteiger partial charge in [0.25, 0.3) is 17.7 Å². The molecule has 3 aromatic heterocycles. The maximum Gasteiger partial charge on any atom is 0.254 e. The van der Waals surface area contributed by atoms with Crippen molar-refractivity contribution in [1.82, 2.24) is 29.9 Å². The van der Waals surface area contributed by atoms with Gasteiger partial charge in [0.15, 0.2) is 0 Å². The van der Waals surface area contributed by atoms with E-state index in [2.05, 4.69) is 60.8 Å². The molecule has 3 fully saturated rings. The highest BCUT2D eigenvalue weighted by Crippen LogP contribution is 2.28. The standard InChI is InChI=1S/3C16H27N5O2/c3*1-9-5-6-10(7-12(9)22)19-14-11(13(17)23)8-18-15(20-14)21-16(2,3)4/h3*8-10,12,22H,5-7H2,1-4H3,(H2,17,23)(H2,18,19,20,21)/i7D2,8D;6D2,8D;5D2,8D. The molecule has 0 saturated heterocycles. The molecule has 3 heterocycles. The average molecular weight is 973 g/mol. The molecule has 9 atom stereocenters. The van der Waals surface area contributed by atoms with Gasteiger partial charge in [-0.05, 0) is 138 Å². The Kier molecular flexibility index (Phi) is 14.9. The monoisotopic (exact) mass is 973 g/mol. The van der Waals surface area contributed by atoms with Gasteiger partial charge >= 0.3 is 0 Å². The third kappa shape index (κ3) is 18.3. The van der Waals surface area contributed by atoms with Gasteiger partial charge in [-0.25, -0.2) is 15.0 Å². The van der Waals surface area contributed by atoms with Gasteiger partial charge in [0.1, 0.15) is 16.5 Å². The van der Waals surface area contributed by atoms with Crippen LogP contribution in [0.25, 0.3) is 0 Å². The Morgan fingerprint density at radius 1 is 0.565 bits per heavy atom. The zero-order valence-electron chi connectivity index (χ0n) is 50.9. The number of aliphatic hydroxyl groups is 3.